The molecule has 0 saturated heterocycles. The molecule has 3 N–H and O–H groups in total. The van der Waals surface area contributed by atoms with Gasteiger partial charge in [0.25, 0.3) is 0 Å². The number of rotatable bonds is 8. The smallest absolute Gasteiger partial charge is 0.487 e. The standard InChI is InChI=1S/C22H23N2O5P/c1-15-20(6-4-7-22(15)29-30(25,26)27)24-21-11-10-18(13-19(21)16-8-9-16)28-14-17-5-2-3-12-23-17/h2-7,10-13,16,24H,8-9,14H2,1H3,(H2,25,26,27). The van der Waals surface area contributed by atoms with Gasteiger partial charge >= 0.3 is 7.82 Å². The lowest BCUT2D eigenvalue weighted by molar-refractivity contribution is 0.282. The van der Waals surface area contributed by atoms with Crippen LogP contribution in [-0.2, 0) is 11.2 Å². The minimum Gasteiger partial charge on any atom is -0.487 e. The maximum absolute atomic E-state index is 11.2. The number of phosphoric ester groups is 1. The van der Waals surface area contributed by atoms with Crippen molar-refractivity contribution in [3.63, 3.8) is 0 Å². The van der Waals surface area contributed by atoms with Crippen molar-refractivity contribution in [2.75, 3.05) is 5.32 Å². The van der Waals surface area contributed by atoms with Crippen molar-refractivity contribution in [3.05, 3.63) is 77.6 Å². The Hall–Kier alpha value is -2.86. The van der Waals surface area contributed by atoms with Crippen molar-refractivity contribution < 1.29 is 23.6 Å². The normalized spacial score (nSPS) is 13.7. The van der Waals surface area contributed by atoms with E-state index in [0.29, 0.717) is 18.1 Å². The molecule has 156 valence electrons. The van der Waals surface area contributed by atoms with Gasteiger partial charge in [-0.2, -0.15) is 0 Å². The molecule has 0 bridgehead atoms. The van der Waals surface area contributed by atoms with Crippen LogP contribution in [-0.4, -0.2) is 14.8 Å². The largest absolute Gasteiger partial charge is 0.524 e. The monoisotopic (exact) mass is 426 g/mol. The van der Waals surface area contributed by atoms with E-state index in [4.69, 9.17) is 19.0 Å². The molecule has 30 heavy (non-hydrogen) atoms. The fraction of sp³-hybridized carbons (Fsp3) is 0.227. The van der Waals surface area contributed by atoms with Crippen LogP contribution in [0.4, 0.5) is 11.4 Å². The third-order valence-corrected chi connectivity index (χ3v) is 5.36. The van der Waals surface area contributed by atoms with Gasteiger partial charge in [0.1, 0.15) is 18.1 Å². The summed E-state index contributed by atoms with van der Waals surface area (Å²) >= 11 is 0. The van der Waals surface area contributed by atoms with Gasteiger partial charge in [-0.1, -0.05) is 12.1 Å². The molecule has 0 aliphatic heterocycles. The fourth-order valence-corrected chi connectivity index (χ4v) is 3.69. The van der Waals surface area contributed by atoms with Crippen LogP contribution in [0.2, 0.25) is 0 Å². The highest BCUT2D eigenvalue weighted by Gasteiger charge is 2.27. The molecule has 0 amide bonds. The summed E-state index contributed by atoms with van der Waals surface area (Å²) in [5.74, 6) is 1.40. The number of phosphoric acid groups is 1. The second-order valence-corrected chi connectivity index (χ2v) is 8.43. The number of hydrogen-bond acceptors (Lipinski definition) is 5. The molecule has 1 saturated carbocycles. The first-order valence-electron chi connectivity index (χ1n) is 9.67. The molecule has 1 aliphatic carbocycles. The van der Waals surface area contributed by atoms with Gasteiger partial charge in [0, 0.05) is 23.1 Å². The first-order chi connectivity index (χ1) is 14.4. The average Bonchev–Trinajstić information content (AvgIpc) is 3.55. The Morgan fingerprint density at radius 1 is 1.10 bits per heavy atom. The van der Waals surface area contributed by atoms with E-state index in [1.54, 1.807) is 19.2 Å². The number of anilines is 2. The van der Waals surface area contributed by atoms with Crippen LogP contribution in [0.1, 0.15) is 35.6 Å². The zero-order valence-electron chi connectivity index (χ0n) is 16.5. The van der Waals surface area contributed by atoms with E-state index in [1.165, 1.54) is 6.07 Å². The molecule has 0 unspecified atom stereocenters. The predicted molar refractivity (Wildman–Crippen MR) is 114 cm³/mol. The lowest BCUT2D eigenvalue weighted by atomic mass is 10.1. The lowest BCUT2D eigenvalue weighted by Crippen LogP contribution is -2.01. The summed E-state index contributed by atoms with van der Waals surface area (Å²) in [6.45, 7) is 2.16. The first-order valence-corrected chi connectivity index (χ1v) is 11.2. The topological polar surface area (TPSA) is 101 Å². The van der Waals surface area contributed by atoms with Crippen LogP contribution in [0, 0.1) is 6.92 Å². The summed E-state index contributed by atoms with van der Waals surface area (Å²) in [6.07, 6.45) is 3.99. The summed E-state index contributed by atoms with van der Waals surface area (Å²) in [7, 11) is -4.62. The molecule has 1 fully saturated rings. The van der Waals surface area contributed by atoms with Crippen molar-refractivity contribution in [2.45, 2.75) is 32.3 Å². The van der Waals surface area contributed by atoms with Crippen molar-refractivity contribution in [1.82, 2.24) is 4.98 Å². The molecule has 4 rings (SSSR count). The van der Waals surface area contributed by atoms with Crippen molar-refractivity contribution in [3.8, 4) is 11.5 Å². The number of hydrogen-bond donors (Lipinski definition) is 3. The molecule has 3 aromatic rings. The van der Waals surface area contributed by atoms with E-state index in [2.05, 4.69) is 10.3 Å². The van der Waals surface area contributed by atoms with Crippen LogP contribution in [0.25, 0.3) is 0 Å². The highest BCUT2D eigenvalue weighted by molar-refractivity contribution is 7.46. The molecular formula is C22H23N2O5P. The maximum atomic E-state index is 11.2. The van der Waals surface area contributed by atoms with Crippen molar-refractivity contribution in [2.24, 2.45) is 0 Å². The molecule has 1 aliphatic rings. The Balaban J connectivity index is 1.55. The molecule has 7 nitrogen and oxygen atoms in total. The summed E-state index contributed by atoms with van der Waals surface area (Å²) in [5.41, 5.74) is 4.32. The molecule has 1 heterocycles. The van der Waals surface area contributed by atoms with Gasteiger partial charge in [-0.15, -0.1) is 0 Å². The SMILES string of the molecule is Cc1c(Nc2ccc(OCc3ccccn3)cc2C2CC2)cccc1OP(=O)(O)O. The number of pyridine rings is 1. The van der Waals surface area contributed by atoms with E-state index < -0.39 is 7.82 Å². The van der Waals surface area contributed by atoms with E-state index in [1.807, 2.05) is 42.5 Å². The van der Waals surface area contributed by atoms with Gasteiger partial charge in [-0.3, -0.25) is 14.8 Å². The quantitative estimate of drug-likeness (QED) is 0.433. The molecule has 0 spiro atoms. The third kappa shape index (κ3) is 5.19. The number of nitrogens with one attached hydrogen (secondary N) is 1. The van der Waals surface area contributed by atoms with Crippen molar-refractivity contribution >= 4 is 19.2 Å². The van der Waals surface area contributed by atoms with Crippen molar-refractivity contribution in [1.29, 1.82) is 0 Å². The van der Waals surface area contributed by atoms with Crippen LogP contribution < -0.4 is 14.6 Å². The predicted octanol–water partition coefficient (Wildman–Crippen LogP) is 5.06. The Bertz CT molecular complexity index is 1080. The molecular weight excluding hydrogens is 403 g/mol. The summed E-state index contributed by atoms with van der Waals surface area (Å²) in [6, 6.07) is 16.7. The van der Waals surface area contributed by atoms with E-state index >= 15 is 0 Å². The summed E-state index contributed by atoms with van der Waals surface area (Å²) < 4.78 is 21.9. The van der Waals surface area contributed by atoms with E-state index in [-0.39, 0.29) is 5.75 Å². The van der Waals surface area contributed by atoms with Crippen LogP contribution in [0.3, 0.4) is 0 Å². The van der Waals surface area contributed by atoms with Gasteiger partial charge in [-0.05, 0) is 73.7 Å². The average molecular weight is 426 g/mol. The zero-order chi connectivity index (χ0) is 21.1. The van der Waals surface area contributed by atoms with Gasteiger partial charge in [0.05, 0.1) is 5.69 Å². The maximum Gasteiger partial charge on any atom is 0.524 e. The lowest BCUT2D eigenvalue weighted by Gasteiger charge is -2.17. The highest BCUT2D eigenvalue weighted by Crippen LogP contribution is 2.46. The molecule has 1 aromatic heterocycles. The number of aromatic nitrogens is 1. The summed E-state index contributed by atoms with van der Waals surface area (Å²) in [5, 5.41) is 3.39. The van der Waals surface area contributed by atoms with E-state index in [0.717, 1.165) is 41.2 Å². The Kier molecular flexibility index (Phi) is 5.77. The van der Waals surface area contributed by atoms with Gasteiger partial charge in [0.15, 0.2) is 0 Å². The fourth-order valence-electron chi connectivity index (χ4n) is 3.24. The van der Waals surface area contributed by atoms with Gasteiger partial charge in [-0.25, -0.2) is 4.57 Å². The summed E-state index contributed by atoms with van der Waals surface area (Å²) in [4.78, 5) is 22.5. The number of nitrogens with zero attached hydrogens (tertiary/aromatic N) is 1. The highest BCUT2D eigenvalue weighted by atomic mass is 31.2. The molecule has 2 aromatic carbocycles. The second kappa shape index (κ2) is 8.48. The van der Waals surface area contributed by atoms with Crippen LogP contribution in [0.5, 0.6) is 11.5 Å². The molecule has 0 radical (unpaired) electrons. The minimum atomic E-state index is -4.62. The number of benzene rings is 2. The Labute approximate surface area is 174 Å². The van der Waals surface area contributed by atoms with Crippen LogP contribution in [0.15, 0.2) is 60.8 Å². The second-order valence-electron chi connectivity index (χ2n) is 7.27. The Morgan fingerprint density at radius 2 is 1.93 bits per heavy atom. The Morgan fingerprint density at radius 3 is 2.63 bits per heavy atom. The zero-order valence-corrected chi connectivity index (χ0v) is 17.4. The number of ether oxygens (including phenoxy) is 1. The minimum absolute atomic E-state index is 0.150. The van der Waals surface area contributed by atoms with Crippen LogP contribution >= 0.6 is 7.82 Å². The van der Waals surface area contributed by atoms with E-state index in [9.17, 15) is 4.57 Å². The van der Waals surface area contributed by atoms with Gasteiger partial charge < -0.3 is 14.6 Å². The first kappa shape index (κ1) is 20.4. The molecule has 8 heteroatoms. The third-order valence-electron chi connectivity index (χ3n) is 4.92. The molecule has 0 atom stereocenters. The van der Waals surface area contributed by atoms with Gasteiger partial charge in [0.2, 0.25) is 0 Å².